The Labute approximate surface area is 211 Å². The Morgan fingerprint density at radius 2 is 1.86 bits per heavy atom. The van der Waals surface area contributed by atoms with Crippen LogP contribution in [0.25, 0.3) is 21.9 Å². The molecule has 2 aliphatic rings. The number of nitrogens with zero attached hydrogens (tertiary/aromatic N) is 1. The molecule has 7 nitrogen and oxygen atoms in total. The normalized spacial score (nSPS) is 15.1. The third kappa shape index (κ3) is 5.47. The molecule has 0 bridgehead atoms. The van der Waals surface area contributed by atoms with Gasteiger partial charge in [-0.15, -0.1) is 0 Å². The summed E-state index contributed by atoms with van der Waals surface area (Å²) in [6, 6.07) is 18.3. The maximum Gasteiger partial charge on any atom is 0.254 e. The maximum absolute atomic E-state index is 12.8. The molecule has 0 aromatic heterocycles. The van der Waals surface area contributed by atoms with E-state index in [-0.39, 0.29) is 18.0 Å². The number of hydrogen-bond donors (Lipinski definition) is 3. The molecule has 186 valence electrons. The minimum absolute atomic E-state index is 0.0955. The molecule has 0 aliphatic carbocycles. The van der Waals surface area contributed by atoms with E-state index in [1.54, 1.807) is 4.90 Å². The second-order valence-corrected chi connectivity index (χ2v) is 9.21. The van der Waals surface area contributed by atoms with Gasteiger partial charge < -0.3 is 26.1 Å². The van der Waals surface area contributed by atoms with Gasteiger partial charge in [0.15, 0.2) is 0 Å². The predicted octanol–water partition coefficient (Wildman–Crippen LogP) is 3.73. The molecule has 1 saturated heterocycles. The van der Waals surface area contributed by atoms with E-state index in [1.807, 2.05) is 31.3 Å². The maximum atomic E-state index is 12.8. The Morgan fingerprint density at radius 1 is 1.14 bits per heavy atom. The van der Waals surface area contributed by atoms with Gasteiger partial charge in [0.25, 0.3) is 5.91 Å². The fraction of sp³-hybridized carbons (Fsp3) is 0.276. The molecule has 0 unspecified atom stereocenters. The second-order valence-electron chi connectivity index (χ2n) is 9.21. The van der Waals surface area contributed by atoms with Crippen LogP contribution < -0.4 is 16.4 Å². The van der Waals surface area contributed by atoms with Gasteiger partial charge in [-0.3, -0.25) is 9.59 Å². The van der Waals surface area contributed by atoms with Crippen LogP contribution in [0, 0.1) is 5.92 Å². The highest BCUT2D eigenvalue weighted by molar-refractivity contribution is 6.05. The van der Waals surface area contributed by atoms with Crippen LogP contribution in [0.4, 0.5) is 5.69 Å². The van der Waals surface area contributed by atoms with E-state index in [0.717, 1.165) is 65.4 Å². The number of hydrogen-bond acceptors (Lipinski definition) is 5. The summed E-state index contributed by atoms with van der Waals surface area (Å²) in [5.74, 6) is -0.335. The SMILES string of the molecule is C=C(CN1Cc2c(ccc3ccc(-c4cccc(NC)c4)cc23)C1=O)C(N)=O.O=CC1CCNCC1. The zero-order chi connectivity index (χ0) is 25.7. The average molecular weight is 485 g/mol. The van der Waals surface area contributed by atoms with Gasteiger partial charge >= 0.3 is 0 Å². The van der Waals surface area contributed by atoms with Crippen molar-refractivity contribution in [2.45, 2.75) is 19.4 Å². The van der Waals surface area contributed by atoms with Crippen molar-refractivity contribution in [2.24, 2.45) is 11.7 Å². The number of primary amides is 1. The Hall–Kier alpha value is -3.97. The zero-order valence-corrected chi connectivity index (χ0v) is 20.5. The first kappa shape index (κ1) is 25.1. The first-order valence-electron chi connectivity index (χ1n) is 12.2. The monoisotopic (exact) mass is 484 g/mol. The Balaban J connectivity index is 0.000000325. The van der Waals surface area contributed by atoms with Gasteiger partial charge in [-0.25, -0.2) is 0 Å². The van der Waals surface area contributed by atoms with Crippen LogP contribution in [0.1, 0.15) is 28.8 Å². The number of anilines is 1. The van der Waals surface area contributed by atoms with Crippen LogP contribution in [0.15, 0.2) is 66.7 Å². The lowest BCUT2D eigenvalue weighted by Crippen LogP contribution is -2.30. The molecule has 0 radical (unpaired) electrons. The standard InChI is InChI=1S/C23H21N3O2.C6H11NO/c1-14(22(24)27)12-26-13-21-19(23(26)28)9-8-15-6-7-17(11-20(15)21)16-4-3-5-18(10-16)25-2;8-5-6-1-3-7-4-2-6/h3-11,25H,1,12-13H2,2H3,(H2,24,27);5-7H,1-4H2. The van der Waals surface area contributed by atoms with Gasteiger partial charge in [0.2, 0.25) is 5.91 Å². The van der Waals surface area contributed by atoms with Gasteiger partial charge in [-0.2, -0.15) is 0 Å². The average Bonchev–Trinajstić information content (AvgIpc) is 3.24. The number of carbonyl (C=O) groups excluding carboxylic acids is 3. The van der Waals surface area contributed by atoms with Crippen molar-refractivity contribution in [3.63, 3.8) is 0 Å². The number of aldehydes is 1. The number of fused-ring (bicyclic) bond motifs is 3. The minimum atomic E-state index is -0.583. The van der Waals surface area contributed by atoms with Gasteiger partial charge in [0.1, 0.15) is 6.29 Å². The lowest BCUT2D eigenvalue weighted by molar-refractivity contribution is -0.114. The van der Waals surface area contributed by atoms with Gasteiger partial charge in [0.05, 0.1) is 6.54 Å². The molecule has 2 aliphatic heterocycles. The molecule has 7 heteroatoms. The Morgan fingerprint density at radius 3 is 2.53 bits per heavy atom. The molecule has 1 fully saturated rings. The van der Waals surface area contributed by atoms with E-state index in [9.17, 15) is 14.4 Å². The van der Waals surface area contributed by atoms with Crippen LogP contribution in [0.2, 0.25) is 0 Å². The highest BCUT2D eigenvalue weighted by Crippen LogP contribution is 2.34. The number of amides is 2. The van der Waals surface area contributed by atoms with Gasteiger partial charge in [0, 0.05) is 36.3 Å². The molecule has 36 heavy (non-hydrogen) atoms. The molecule has 5 rings (SSSR count). The summed E-state index contributed by atoms with van der Waals surface area (Å²) in [6.07, 6.45) is 3.13. The van der Waals surface area contributed by atoms with E-state index < -0.39 is 5.91 Å². The smallest absolute Gasteiger partial charge is 0.254 e. The molecule has 0 spiro atoms. The van der Waals surface area contributed by atoms with E-state index in [0.29, 0.717) is 18.0 Å². The number of benzene rings is 3. The summed E-state index contributed by atoms with van der Waals surface area (Å²) >= 11 is 0. The van der Waals surface area contributed by atoms with Crippen molar-refractivity contribution in [1.82, 2.24) is 10.2 Å². The number of nitrogens with two attached hydrogens (primary N) is 1. The van der Waals surface area contributed by atoms with Crippen molar-refractivity contribution in [3.05, 3.63) is 77.9 Å². The van der Waals surface area contributed by atoms with E-state index in [2.05, 4.69) is 47.5 Å². The molecular weight excluding hydrogens is 452 g/mol. The van der Waals surface area contributed by atoms with Crippen LogP contribution in [-0.4, -0.2) is 49.7 Å². The van der Waals surface area contributed by atoms with Crippen LogP contribution in [0.5, 0.6) is 0 Å². The highest BCUT2D eigenvalue weighted by Gasteiger charge is 2.29. The molecule has 2 heterocycles. The lowest BCUT2D eigenvalue weighted by atomic mass is 9.96. The summed E-state index contributed by atoms with van der Waals surface area (Å²) in [4.78, 5) is 35.8. The topological polar surface area (TPSA) is 105 Å². The summed E-state index contributed by atoms with van der Waals surface area (Å²) in [7, 11) is 1.90. The molecule has 3 aromatic rings. The second kappa shape index (κ2) is 11.2. The largest absolute Gasteiger partial charge is 0.388 e. The number of nitrogens with one attached hydrogen (secondary N) is 2. The molecule has 0 saturated carbocycles. The quantitative estimate of drug-likeness (QED) is 0.365. The first-order valence-corrected chi connectivity index (χ1v) is 12.2. The Kier molecular flexibility index (Phi) is 7.80. The third-order valence-electron chi connectivity index (χ3n) is 6.79. The summed E-state index contributed by atoms with van der Waals surface area (Å²) in [5, 5.41) is 8.47. The summed E-state index contributed by atoms with van der Waals surface area (Å²) < 4.78 is 0. The van der Waals surface area contributed by atoms with E-state index in [1.165, 1.54) is 0 Å². The van der Waals surface area contributed by atoms with Crippen molar-refractivity contribution in [3.8, 4) is 11.1 Å². The van der Waals surface area contributed by atoms with Crippen LogP contribution in [0.3, 0.4) is 0 Å². The molecular formula is C29H32N4O3. The van der Waals surface area contributed by atoms with E-state index in [4.69, 9.17) is 5.73 Å². The fourth-order valence-corrected chi connectivity index (χ4v) is 4.64. The highest BCUT2D eigenvalue weighted by atomic mass is 16.2. The van der Waals surface area contributed by atoms with Crippen LogP contribution >= 0.6 is 0 Å². The number of rotatable bonds is 6. The summed E-state index contributed by atoms with van der Waals surface area (Å²) in [6.45, 7) is 6.30. The van der Waals surface area contributed by atoms with Crippen molar-refractivity contribution < 1.29 is 14.4 Å². The van der Waals surface area contributed by atoms with Gasteiger partial charge in [-0.05, 0) is 77.7 Å². The summed E-state index contributed by atoms with van der Waals surface area (Å²) in [5.41, 5.74) is 10.4. The lowest BCUT2D eigenvalue weighted by Gasteiger charge is -2.16. The first-order chi connectivity index (χ1) is 17.4. The fourth-order valence-electron chi connectivity index (χ4n) is 4.64. The molecule has 4 N–H and O–H groups in total. The van der Waals surface area contributed by atoms with Crippen molar-refractivity contribution >= 4 is 34.6 Å². The van der Waals surface area contributed by atoms with Gasteiger partial charge in [-0.1, -0.05) is 36.9 Å². The predicted molar refractivity (Wildman–Crippen MR) is 144 cm³/mol. The Bertz CT molecular complexity index is 1310. The van der Waals surface area contributed by atoms with Crippen molar-refractivity contribution in [2.75, 3.05) is 32.0 Å². The number of piperidine rings is 1. The van der Waals surface area contributed by atoms with E-state index >= 15 is 0 Å². The molecule has 3 aromatic carbocycles. The number of carbonyl (C=O) groups is 3. The van der Waals surface area contributed by atoms with Crippen molar-refractivity contribution in [1.29, 1.82) is 0 Å². The third-order valence-corrected chi connectivity index (χ3v) is 6.79. The van der Waals surface area contributed by atoms with Crippen LogP contribution in [-0.2, 0) is 16.1 Å². The minimum Gasteiger partial charge on any atom is -0.388 e. The molecule has 2 amide bonds. The molecule has 0 atom stereocenters. The zero-order valence-electron chi connectivity index (χ0n) is 20.5.